The molecule has 2 nitrogen and oxygen atoms in total. The van der Waals surface area contributed by atoms with Crippen molar-refractivity contribution in [2.45, 2.75) is 6.92 Å². The molecule has 0 saturated carbocycles. The lowest BCUT2D eigenvalue weighted by atomic mass is 10.2. The Hall–Kier alpha value is -1.36. The summed E-state index contributed by atoms with van der Waals surface area (Å²) in [5, 5.41) is 6.94. The van der Waals surface area contributed by atoms with Gasteiger partial charge in [-0.15, -0.1) is 11.3 Å². The highest BCUT2D eigenvalue weighted by molar-refractivity contribution is 9.10. The first-order valence-electron chi connectivity index (χ1n) is 6.36. The van der Waals surface area contributed by atoms with E-state index in [1.165, 1.54) is 0 Å². The smallest absolute Gasteiger partial charge is 0.187 e. The van der Waals surface area contributed by atoms with E-state index in [1.54, 1.807) is 11.3 Å². The molecule has 0 amide bonds. The summed E-state index contributed by atoms with van der Waals surface area (Å²) in [4.78, 5) is 4.61. The first-order valence-corrected chi connectivity index (χ1v) is 8.41. The van der Waals surface area contributed by atoms with Crippen LogP contribution in [-0.4, -0.2) is 4.98 Å². The van der Waals surface area contributed by atoms with Crippen molar-refractivity contribution in [1.82, 2.24) is 4.98 Å². The Morgan fingerprint density at radius 3 is 2.62 bits per heavy atom. The molecule has 0 aliphatic carbocycles. The molecule has 1 N–H and O–H groups in total. The second kappa shape index (κ2) is 6.18. The maximum Gasteiger partial charge on any atom is 0.187 e. The summed E-state index contributed by atoms with van der Waals surface area (Å²) in [6.45, 7) is 1.99. The van der Waals surface area contributed by atoms with Gasteiger partial charge in [0, 0.05) is 26.1 Å². The maximum atomic E-state index is 6.13. The van der Waals surface area contributed by atoms with Gasteiger partial charge in [0.05, 0.1) is 5.69 Å². The number of anilines is 2. The van der Waals surface area contributed by atoms with Gasteiger partial charge >= 0.3 is 0 Å². The second-order valence-electron chi connectivity index (χ2n) is 4.63. The molecule has 1 aromatic heterocycles. The summed E-state index contributed by atoms with van der Waals surface area (Å²) in [5.41, 5.74) is 4.08. The van der Waals surface area contributed by atoms with Crippen LogP contribution in [0.4, 0.5) is 10.8 Å². The molecule has 0 atom stereocenters. The number of thiazole rings is 1. The van der Waals surface area contributed by atoms with Crippen molar-refractivity contribution in [2.24, 2.45) is 0 Å². The lowest BCUT2D eigenvalue weighted by molar-refractivity contribution is 1.37. The van der Waals surface area contributed by atoms with Gasteiger partial charge in [-0.1, -0.05) is 45.7 Å². The lowest BCUT2D eigenvalue weighted by Crippen LogP contribution is -1.90. The largest absolute Gasteiger partial charge is 0.331 e. The van der Waals surface area contributed by atoms with Crippen molar-refractivity contribution in [3.05, 3.63) is 62.9 Å². The second-order valence-corrected chi connectivity index (χ2v) is 6.81. The molecule has 3 aromatic rings. The summed E-state index contributed by atoms with van der Waals surface area (Å²) in [7, 11) is 0. The SMILES string of the molecule is Cc1ccc(Nc2nc(-c3ccc(Br)cc3)cs2)cc1Cl. The number of halogens is 2. The standard InChI is InChI=1S/C16H12BrClN2S/c1-10-2-7-13(8-14(10)18)19-16-20-15(9-21-16)11-3-5-12(17)6-4-11/h2-9H,1H3,(H,19,20). The highest BCUT2D eigenvalue weighted by atomic mass is 79.9. The van der Waals surface area contributed by atoms with Gasteiger partial charge in [0.15, 0.2) is 5.13 Å². The minimum atomic E-state index is 0.754. The van der Waals surface area contributed by atoms with Gasteiger partial charge in [-0.2, -0.15) is 0 Å². The highest BCUT2D eigenvalue weighted by Gasteiger charge is 2.05. The van der Waals surface area contributed by atoms with Crippen LogP contribution < -0.4 is 5.32 Å². The Bertz CT molecular complexity index is 768. The zero-order chi connectivity index (χ0) is 14.8. The third-order valence-corrected chi connectivity index (χ3v) is 4.76. The van der Waals surface area contributed by atoms with Crippen LogP contribution in [0, 0.1) is 6.92 Å². The van der Waals surface area contributed by atoms with E-state index in [0.717, 1.165) is 37.1 Å². The van der Waals surface area contributed by atoms with Crippen LogP contribution in [0.1, 0.15) is 5.56 Å². The average molecular weight is 380 g/mol. The molecule has 0 fully saturated rings. The molecule has 21 heavy (non-hydrogen) atoms. The number of rotatable bonds is 3. The van der Waals surface area contributed by atoms with Crippen molar-refractivity contribution < 1.29 is 0 Å². The molecular formula is C16H12BrClN2S. The summed E-state index contributed by atoms with van der Waals surface area (Å²) in [6, 6.07) is 14.0. The molecule has 0 spiro atoms. The first-order chi connectivity index (χ1) is 10.1. The van der Waals surface area contributed by atoms with E-state index in [4.69, 9.17) is 11.6 Å². The van der Waals surface area contributed by atoms with E-state index in [0.29, 0.717) is 0 Å². The predicted octanol–water partition coefficient (Wildman–Crippen LogP) is 6.28. The molecule has 2 aromatic carbocycles. The topological polar surface area (TPSA) is 24.9 Å². The highest BCUT2D eigenvalue weighted by Crippen LogP contribution is 2.29. The van der Waals surface area contributed by atoms with Gasteiger partial charge in [-0.25, -0.2) is 4.98 Å². The number of benzene rings is 2. The summed E-state index contributed by atoms with van der Waals surface area (Å²) in [6.07, 6.45) is 0. The van der Waals surface area contributed by atoms with Crippen LogP contribution in [0.15, 0.2) is 52.3 Å². The molecular weight excluding hydrogens is 368 g/mol. The minimum absolute atomic E-state index is 0.754. The van der Waals surface area contributed by atoms with E-state index >= 15 is 0 Å². The molecule has 0 saturated heterocycles. The van der Waals surface area contributed by atoms with Gasteiger partial charge in [-0.05, 0) is 36.8 Å². The average Bonchev–Trinajstić information content (AvgIpc) is 2.92. The van der Waals surface area contributed by atoms with Gasteiger partial charge in [-0.3, -0.25) is 0 Å². The van der Waals surface area contributed by atoms with Gasteiger partial charge in [0.25, 0.3) is 0 Å². The van der Waals surface area contributed by atoms with Crippen molar-refractivity contribution in [2.75, 3.05) is 5.32 Å². The predicted molar refractivity (Wildman–Crippen MR) is 94.7 cm³/mol. The van der Waals surface area contributed by atoms with Crippen molar-refractivity contribution in [1.29, 1.82) is 0 Å². The van der Waals surface area contributed by atoms with Crippen LogP contribution in [0.5, 0.6) is 0 Å². The van der Waals surface area contributed by atoms with E-state index in [2.05, 4.69) is 26.2 Å². The third-order valence-electron chi connectivity index (χ3n) is 3.07. The zero-order valence-corrected chi connectivity index (χ0v) is 14.4. The fourth-order valence-electron chi connectivity index (χ4n) is 1.88. The fourth-order valence-corrected chi connectivity index (χ4v) is 3.06. The number of nitrogens with zero attached hydrogens (tertiary/aromatic N) is 1. The van der Waals surface area contributed by atoms with E-state index < -0.39 is 0 Å². The normalized spacial score (nSPS) is 10.6. The number of nitrogens with one attached hydrogen (secondary N) is 1. The Morgan fingerprint density at radius 2 is 1.90 bits per heavy atom. The van der Waals surface area contributed by atoms with E-state index in [1.807, 2.05) is 54.8 Å². The Kier molecular flexibility index (Phi) is 4.29. The monoisotopic (exact) mass is 378 g/mol. The molecule has 0 radical (unpaired) electrons. The van der Waals surface area contributed by atoms with Crippen LogP contribution in [0.3, 0.4) is 0 Å². The number of aryl methyl sites for hydroxylation is 1. The fraction of sp³-hybridized carbons (Fsp3) is 0.0625. The Labute approximate surface area is 140 Å². The molecule has 1 heterocycles. The summed E-state index contributed by atoms with van der Waals surface area (Å²) < 4.78 is 1.06. The Morgan fingerprint density at radius 1 is 1.14 bits per heavy atom. The molecule has 106 valence electrons. The van der Waals surface area contributed by atoms with Crippen LogP contribution in [0.25, 0.3) is 11.3 Å². The van der Waals surface area contributed by atoms with Gasteiger partial charge < -0.3 is 5.32 Å². The summed E-state index contributed by atoms with van der Waals surface area (Å²) in [5.74, 6) is 0. The molecule has 0 aliphatic heterocycles. The van der Waals surface area contributed by atoms with Crippen molar-refractivity contribution in [3.8, 4) is 11.3 Å². The lowest BCUT2D eigenvalue weighted by Gasteiger charge is -2.04. The maximum absolute atomic E-state index is 6.13. The molecule has 0 aliphatic rings. The summed E-state index contributed by atoms with van der Waals surface area (Å²) >= 11 is 11.1. The molecule has 3 rings (SSSR count). The van der Waals surface area contributed by atoms with Crippen molar-refractivity contribution in [3.63, 3.8) is 0 Å². The first kappa shape index (κ1) is 14.6. The van der Waals surface area contributed by atoms with Crippen LogP contribution >= 0.6 is 38.9 Å². The van der Waals surface area contributed by atoms with Crippen LogP contribution in [-0.2, 0) is 0 Å². The zero-order valence-electron chi connectivity index (χ0n) is 11.2. The van der Waals surface area contributed by atoms with E-state index in [-0.39, 0.29) is 0 Å². The molecule has 0 unspecified atom stereocenters. The number of aromatic nitrogens is 1. The Balaban J connectivity index is 1.81. The van der Waals surface area contributed by atoms with Gasteiger partial charge in [0.2, 0.25) is 0 Å². The third kappa shape index (κ3) is 3.46. The van der Waals surface area contributed by atoms with Crippen LogP contribution in [0.2, 0.25) is 5.02 Å². The quantitative estimate of drug-likeness (QED) is 0.579. The van der Waals surface area contributed by atoms with E-state index in [9.17, 15) is 0 Å². The van der Waals surface area contributed by atoms with Crippen molar-refractivity contribution >= 4 is 49.7 Å². The number of hydrogen-bond donors (Lipinski definition) is 1. The minimum Gasteiger partial charge on any atom is -0.331 e. The van der Waals surface area contributed by atoms with Gasteiger partial charge in [0.1, 0.15) is 0 Å². The molecule has 0 bridgehead atoms. The number of hydrogen-bond acceptors (Lipinski definition) is 3. The molecule has 5 heteroatoms.